The van der Waals surface area contributed by atoms with Crippen LogP contribution in [0.5, 0.6) is 5.75 Å². The van der Waals surface area contributed by atoms with E-state index in [4.69, 9.17) is 4.74 Å². The minimum absolute atomic E-state index is 0.0146. The maximum Gasteiger partial charge on any atom is 0.254 e. The lowest BCUT2D eigenvalue weighted by Crippen LogP contribution is -2.50. The summed E-state index contributed by atoms with van der Waals surface area (Å²) in [4.78, 5) is 29.3. The molecule has 4 rings (SSSR count). The first-order chi connectivity index (χ1) is 15.9. The molecule has 2 saturated carbocycles. The van der Waals surface area contributed by atoms with Gasteiger partial charge >= 0.3 is 0 Å². The minimum Gasteiger partial charge on any atom is -0.495 e. The summed E-state index contributed by atoms with van der Waals surface area (Å²) in [5.74, 6) is 0.847. The van der Waals surface area contributed by atoms with Crippen molar-refractivity contribution in [2.45, 2.75) is 68.7 Å². The highest BCUT2D eigenvalue weighted by Gasteiger charge is 2.31. The van der Waals surface area contributed by atoms with Crippen LogP contribution >= 0.6 is 0 Å². The Hall–Kier alpha value is -2.13. The van der Waals surface area contributed by atoms with E-state index in [-0.39, 0.29) is 28.5 Å². The van der Waals surface area contributed by atoms with Crippen LogP contribution in [0.1, 0.15) is 68.1 Å². The third-order valence-electron chi connectivity index (χ3n) is 7.01. The van der Waals surface area contributed by atoms with E-state index >= 15 is 0 Å². The fourth-order valence-electron chi connectivity index (χ4n) is 4.81. The van der Waals surface area contributed by atoms with Crippen LogP contribution in [0.15, 0.2) is 23.1 Å². The molecule has 1 N–H and O–H groups in total. The Balaban J connectivity index is 1.34. The molecule has 3 fully saturated rings. The molecule has 0 aromatic heterocycles. The number of amides is 2. The van der Waals surface area contributed by atoms with Gasteiger partial charge in [0.05, 0.1) is 7.11 Å². The first kappa shape index (κ1) is 24.0. The Kier molecular flexibility index (Phi) is 7.58. The molecule has 1 aromatic carbocycles. The van der Waals surface area contributed by atoms with Gasteiger partial charge in [0.1, 0.15) is 10.6 Å². The fourth-order valence-corrected chi connectivity index (χ4v) is 6.31. The molecule has 0 spiro atoms. The largest absolute Gasteiger partial charge is 0.495 e. The molecule has 0 bridgehead atoms. The number of methoxy groups -OCH3 is 1. The maximum atomic E-state index is 13.1. The maximum absolute atomic E-state index is 13.1. The van der Waals surface area contributed by atoms with Crippen molar-refractivity contribution in [3.8, 4) is 5.75 Å². The van der Waals surface area contributed by atoms with Crippen molar-refractivity contribution in [2.75, 3.05) is 33.3 Å². The van der Waals surface area contributed by atoms with E-state index in [2.05, 4.69) is 4.72 Å². The molecule has 9 heteroatoms. The Morgan fingerprint density at radius 3 is 2.30 bits per heavy atom. The average molecular weight is 478 g/mol. The van der Waals surface area contributed by atoms with Crippen LogP contribution in [0.25, 0.3) is 0 Å². The van der Waals surface area contributed by atoms with E-state index in [9.17, 15) is 18.0 Å². The van der Waals surface area contributed by atoms with Gasteiger partial charge in [-0.1, -0.05) is 32.1 Å². The van der Waals surface area contributed by atoms with Gasteiger partial charge in [-0.25, -0.2) is 13.1 Å². The molecule has 1 aromatic rings. The van der Waals surface area contributed by atoms with E-state index in [0.29, 0.717) is 44.1 Å². The number of carbonyl (C=O) groups excluding carboxylic acids is 2. The SMILES string of the molecule is COc1ccc(C(=O)N2CCN(C(=O)CCC3CCCCC3)CC2)cc1S(=O)(=O)NC1CC1. The van der Waals surface area contributed by atoms with Gasteiger partial charge in [-0.2, -0.15) is 0 Å². The molecule has 1 aliphatic heterocycles. The average Bonchev–Trinajstić information content (AvgIpc) is 3.65. The Bertz CT molecular complexity index is 962. The summed E-state index contributed by atoms with van der Waals surface area (Å²) in [6, 6.07) is 4.48. The highest BCUT2D eigenvalue weighted by Crippen LogP contribution is 2.29. The number of hydrogen-bond donors (Lipinski definition) is 1. The van der Waals surface area contributed by atoms with Crippen molar-refractivity contribution in [1.82, 2.24) is 14.5 Å². The number of sulfonamides is 1. The molecule has 182 valence electrons. The zero-order valence-corrected chi connectivity index (χ0v) is 20.2. The van der Waals surface area contributed by atoms with Crippen molar-refractivity contribution in [2.24, 2.45) is 5.92 Å². The molecule has 1 heterocycles. The number of nitrogens with zero attached hydrogens (tertiary/aromatic N) is 2. The van der Waals surface area contributed by atoms with E-state index < -0.39 is 10.0 Å². The smallest absolute Gasteiger partial charge is 0.254 e. The van der Waals surface area contributed by atoms with Gasteiger partial charge < -0.3 is 14.5 Å². The molecule has 1 saturated heterocycles. The number of carbonyl (C=O) groups is 2. The third-order valence-corrected chi connectivity index (χ3v) is 8.55. The van der Waals surface area contributed by atoms with Crippen molar-refractivity contribution in [3.05, 3.63) is 23.8 Å². The van der Waals surface area contributed by atoms with E-state index in [1.165, 1.54) is 51.3 Å². The summed E-state index contributed by atoms with van der Waals surface area (Å²) in [5, 5.41) is 0. The summed E-state index contributed by atoms with van der Waals surface area (Å²) in [6.45, 7) is 1.92. The van der Waals surface area contributed by atoms with Crippen LogP contribution < -0.4 is 9.46 Å². The first-order valence-electron chi connectivity index (χ1n) is 12.1. The van der Waals surface area contributed by atoms with E-state index in [1.807, 2.05) is 4.90 Å². The number of piperazine rings is 1. The molecule has 0 radical (unpaired) electrons. The summed E-state index contributed by atoms with van der Waals surface area (Å²) < 4.78 is 33.4. The first-order valence-corrected chi connectivity index (χ1v) is 13.6. The van der Waals surface area contributed by atoms with Crippen LogP contribution in [-0.2, 0) is 14.8 Å². The Morgan fingerprint density at radius 2 is 1.67 bits per heavy atom. The van der Waals surface area contributed by atoms with Crippen LogP contribution in [0.4, 0.5) is 0 Å². The van der Waals surface area contributed by atoms with Gasteiger partial charge in [0, 0.05) is 44.2 Å². The van der Waals surface area contributed by atoms with Gasteiger partial charge in [-0.15, -0.1) is 0 Å². The van der Waals surface area contributed by atoms with Gasteiger partial charge in [-0.05, 0) is 43.4 Å². The van der Waals surface area contributed by atoms with Crippen LogP contribution in [0, 0.1) is 5.92 Å². The monoisotopic (exact) mass is 477 g/mol. The quantitative estimate of drug-likeness (QED) is 0.621. The van der Waals surface area contributed by atoms with Gasteiger partial charge in [0.2, 0.25) is 15.9 Å². The fraction of sp³-hybridized carbons (Fsp3) is 0.667. The second kappa shape index (κ2) is 10.4. The zero-order chi connectivity index (χ0) is 23.4. The summed E-state index contributed by atoms with van der Waals surface area (Å²) in [5.41, 5.74) is 0.309. The topological polar surface area (TPSA) is 96.0 Å². The molecule has 2 aliphatic carbocycles. The standard InChI is InChI=1S/C24H35N3O5S/c1-32-21-11-8-19(17-22(21)33(30,31)25-20-9-10-20)24(29)27-15-13-26(14-16-27)23(28)12-7-18-5-3-2-4-6-18/h8,11,17-18,20,25H,2-7,9-10,12-16H2,1H3. The molecule has 3 aliphatic rings. The lowest BCUT2D eigenvalue weighted by Gasteiger charge is -2.35. The number of benzene rings is 1. The number of ether oxygens (including phenoxy) is 1. The molecular formula is C24H35N3O5S. The normalized spacial score (nSPS) is 20.0. The van der Waals surface area contributed by atoms with Crippen molar-refractivity contribution in [3.63, 3.8) is 0 Å². The Labute approximate surface area is 196 Å². The number of hydrogen-bond acceptors (Lipinski definition) is 5. The molecule has 2 amide bonds. The molecule has 0 atom stereocenters. The third kappa shape index (κ3) is 6.06. The minimum atomic E-state index is -3.76. The highest BCUT2D eigenvalue weighted by atomic mass is 32.2. The van der Waals surface area contributed by atoms with Gasteiger partial charge in [0.25, 0.3) is 5.91 Å². The van der Waals surface area contributed by atoms with E-state index in [1.54, 1.807) is 11.0 Å². The predicted octanol–water partition coefficient (Wildman–Crippen LogP) is 2.78. The predicted molar refractivity (Wildman–Crippen MR) is 125 cm³/mol. The second-order valence-electron chi connectivity index (χ2n) is 9.48. The van der Waals surface area contributed by atoms with Crippen LogP contribution in [0.3, 0.4) is 0 Å². The molecule has 0 unspecified atom stereocenters. The molecule has 33 heavy (non-hydrogen) atoms. The van der Waals surface area contributed by atoms with Crippen molar-refractivity contribution < 1.29 is 22.7 Å². The second-order valence-corrected chi connectivity index (χ2v) is 11.2. The lowest BCUT2D eigenvalue weighted by molar-refractivity contribution is -0.133. The molecule has 8 nitrogen and oxygen atoms in total. The zero-order valence-electron chi connectivity index (χ0n) is 19.4. The van der Waals surface area contributed by atoms with Gasteiger partial charge in [-0.3, -0.25) is 9.59 Å². The molecular weight excluding hydrogens is 442 g/mol. The highest BCUT2D eigenvalue weighted by molar-refractivity contribution is 7.89. The number of rotatable bonds is 8. The summed E-state index contributed by atoms with van der Waals surface area (Å²) in [6.07, 6.45) is 9.57. The lowest BCUT2D eigenvalue weighted by atomic mass is 9.86. The van der Waals surface area contributed by atoms with Crippen molar-refractivity contribution >= 4 is 21.8 Å². The van der Waals surface area contributed by atoms with E-state index in [0.717, 1.165) is 19.3 Å². The Morgan fingerprint density at radius 1 is 1.00 bits per heavy atom. The summed E-state index contributed by atoms with van der Waals surface area (Å²) in [7, 11) is -2.35. The summed E-state index contributed by atoms with van der Waals surface area (Å²) >= 11 is 0. The van der Waals surface area contributed by atoms with Crippen LogP contribution in [0.2, 0.25) is 0 Å². The van der Waals surface area contributed by atoms with Crippen LogP contribution in [-0.4, -0.2) is 69.4 Å². The van der Waals surface area contributed by atoms with Crippen molar-refractivity contribution in [1.29, 1.82) is 0 Å². The number of nitrogens with one attached hydrogen (secondary N) is 1. The van der Waals surface area contributed by atoms with Gasteiger partial charge in [0.15, 0.2) is 0 Å².